The normalized spacial score (nSPS) is 15.2. The van der Waals surface area contributed by atoms with E-state index in [9.17, 15) is 18.0 Å². The summed E-state index contributed by atoms with van der Waals surface area (Å²) in [6, 6.07) is 12.4. The Kier molecular flexibility index (Phi) is 7.23. The standard InChI is InChI=1S/C22H25NO6S/c1-28-21(24)18-8-6-17(7-9-18)16-29-22(25)19-10-12-20(13-11-19)30(26,27)23-14-4-2-3-5-15-23/h6-13H,2-5,14-16H2,1H3. The van der Waals surface area contributed by atoms with E-state index in [1.165, 1.54) is 35.7 Å². The van der Waals surface area contributed by atoms with E-state index in [1.54, 1.807) is 24.3 Å². The summed E-state index contributed by atoms with van der Waals surface area (Å²) in [5.41, 5.74) is 1.40. The summed E-state index contributed by atoms with van der Waals surface area (Å²) in [5, 5.41) is 0. The second-order valence-electron chi connectivity index (χ2n) is 7.11. The average Bonchev–Trinajstić information content (AvgIpc) is 3.07. The van der Waals surface area contributed by atoms with Crippen LogP contribution in [0, 0.1) is 0 Å². The molecule has 0 atom stereocenters. The molecule has 1 aliphatic heterocycles. The van der Waals surface area contributed by atoms with Crippen LogP contribution in [-0.4, -0.2) is 44.9 Å². The average molecular weight is 432 g/mol. The summed E-state index contributed by atoms with van der Waals surface area (Å²) in [6.45, 7) is 1.09. The minimum atomic E-state index is -3.55. The molecule has 2 aromatic carbocycles. The molecule has 160 valence electrons. The van der Waals surface area contributed by atoms with Crippen molar-refractivity contribution in [2.45, 2.75) is 37.2 Å². The van der Waals surface area contributed by atoms with Gasteiger partial charge in [0, 0.05) is 13.1 Å². The summed E-state index contributed by atoms with van der Waals surface area (Å²) >= 11 is 0. The smallest absolute Gasteiger partial charge is 0.338 e. The van der Waals surface area contributed by atoms with Crippen molar-refractivity contribution < 1.29 is 27.5 Å². The summed E-state index contributed by atoms with van der Waals surface area (Å²) in [5.74, 6) is -0.987. The van der Waals surface area contributed by atoms with Gasteiger partial charge in [-0.2, -0.15) is 4.31 Å². The monoisotopic (exact) mass is 431 g/mol. The van der Waals surface area contributed by atoms with Crippen molar-refractivity contribution >= 4 is 22.0 Å². The number of hydrogen-bond donors (Lipinski definition) is 0. The van der Waals surface area contributed by atoms with Crippen molar-refractivity contribution in [3.8, 4) is 0 Å². The Labute approximate surface area is 176 Å². The predicted octanol–water partition coefficient (Wildman–Crippen LogP) is 3.39. The highest BCUT2D eigenvalue weighted by molar-refractivity contribution is 7.89. The molecule has 2 aromatic rings. The summed E-state index contributed by atoms with van der Waals surface area (Å²) in [4.78, 5) is 23.9. The van der Waals surface area contributed by atoms with Crippen molar-refractivity contribution in [1.82, 2.24) is 4.31 Å². The number of esters is 2. The van der Waals surface area contributed by atoms with E-state index in [2.05, 4.69) is 4.74 Å². The lowest BCUT2D eigenvalue weighted by molar-refractivity contribution is 0.0471. The molecule has 1 heterocycles. The predicted molar refractivity (Wildman–Crippen MR) is 111 cm³/mol. The van der Waals surface area contributed by atoms with Crippen LogP contribution < -0.4 is 0 Å². The van der Waals surface area contributed by atoms with Crippen LogP contribution in [0.2, 0.25) is 0 Å². The molecule has 30 heavy (non-hydrogen) atoms. The zero-order valence-corrected chi connectivity index (χ0v) is 17.7. The lowest BCUT2D eigenvalue weighted by Gasteiger charge is -2.20. The Morgan fingerprint density at radius 1 is 0.833 bits per heavy atom. The highest BCUT2D eigenvalue weighted by atomic mass is 32.2. The molecule has 0 aliphatic carbocycles. The topological polar surface area (TPSA) is 90.0 Å². The maximum atomic E-state index is 12.8. The molecule has 0 aromatic heterocycles. The van der Waals surface area contributed by atoms with Gasteiger partial charge in [-0.3, -0.25) is 0 Å². The Hall–Kier alpha value is -2.71. The summed E-state index contributed by atoms with van der Waals surface area (Å²) in [6.07, 6.45) is 3.82. The van der Waals surface area contributed by atoms with Crippen LogP contribution in [0.5, 0.6) is 0 Å². The molecule has 0 N–H and O–H groups in total. The largest absolute Gasteiger partial charge is 0.465 e. The molecule has 0 amide bonds. The quantitative estimate of drug-likeness (QED) is 0.651. The number of methoxy groups -OCH3 is 1. The number of sulfonamides is 1. The first-order valence-electron chi connectivity index (χ1n) is 9.86. The number of nitrogens with zero attached hydrogens (tertiary/aromatic N) is 1. The maximum absolute atomic E-state index is 12.8. The Balaban J connectivity index is 1.61. The minimum Gasteiger partial charge on any atom is -0.465 e. The lowest BCUT2D eigenvalue weighted by atomic mass is 10.1. The first kappa shape index (κ1) is 22.0. The molecular formula is C22H25NO6S. The van der Waals surface area contributed by atoms with Gasteiger partial charge < -0.3 is 9.47 Å². The van der Waals surface area contributed by atoms with Crippen LogP contribution in [0.3, 0.4) is 0 Å². The molecule has 7 nitrogen and oxygen atoms in total. The zero-order chi connectivity index (χ0) is 21.6. The third kappa shape index (κ3) is 5.25. The Bertz CT molecular complexity index is 975. The van der Waals surface area contributed by atoms with Gasteiger partial charge >= 0.3 is 11.9 Å². The first-order valence-corrected chi connectivity index (χ1v) is 11.3. The van der Waals surface area contributed by atoms with Gasteiger partial charge in [0.15, 0.2) is 0 Å². The molecule has 0 bridgehead atoms. The van der Waals surface area contributed by atoms with Gasteiger partial charge in [0.1, 0.15) is 6.61 Å². The second kappa shape index (κ2) is 9.86. The fourth-order valence-electron chi connectivity index (χ4n) is 3.28. The van der Waals surface area contributed by atoms with Crippen molar-refractivity contribution in [1.29, 1.82) is 0 Å². The van der Waals surface area contributed by atoms with E-state index in [0.29, 0.717) is 18.7 Å². The molecule has 0 spiro atoms. The van der Waals surface area contributed by atoms with Gasteiger partial charge in [-0.1, -0.05) is 25.0 Å². The van der Waals surface area contributed by atoms with E-state index in [4.69, 9.17) is 4.74 Å². The molecule has 1 saturated heterocycles. The minimum absolute atomic E-state index is 0.0358. The van der Waals surface area contributed by atoms with Gasteiger partial charge in [0.25, 0.3) is 0 Å². The fraction of sp³-hybridized carbons (Fsp3) is 0.364. The van der Waals surface area contributed by atoms with E-state index < -0.39 is 22.0 Å². The zero-order valence-electron chi connectivity index (χ0n) is 16.9. The molecule has 0 saturated carbocycles. The Morgan fingerprint density at radius 2 is 1.37 bits per heavy atom. The molecule has 1 aliphatic rings. The molecular weight excluding hydrogens is 406 g/mol. The van der Waals surface area contributed by atoms with Crippen molar-refractivity contribution in [3.05, 3.63) is 65.2 Å². The van der Waals surface area contributed by atoms with Crippen LogP contribution in [0.1, 0.15) is 52.0 Å². The highest BCUT2D eigenvalue weighted by Crippen LogP contribution is 2.21. The molecule has 1 fully saturated rings. The number of hydrogen-bond acceptors (Lipinski definition) is 6. The number of carbonyl (C=O) groups excluding carboxylic acids is 2. The molecule has 0 unspecified atom stereocenters. The van der Waals surface area contributed by atoms with Gasteiger partial charge in [0.05, 0.1) is 23.1 Å². The third-order valence-electron chi connectivity index (χ3n) is 5.04. The van der Waals surface area contributed by atoms with Gasteiger partial charge in [-0.15, -0.1) is 0 Å². The van der Waals surface area contributed by atoms with E-state index >= 15 is 0 Å². The van der Waals surface area contributed by atoms with Crippen molar-refractivity contribution in [2.24, 2.45) is 0 Å². The summed E-state index contributed by atoms with van der Waals surface area (Å²) in [7, 11) is -2.25. The van der Waals surface area contributed by atoms with Crippen molar-refractivity contribution in [3.63, 3.8) is 0 Å². The second-order valence-corrected chi connectivity index (χ2v) is 9.05. The fourth-order valence-corrected chi connectivity index (χ4v) is 4.80. The van der Waals surface area contributed by atoms with Crippen LogP contribution >= 0.6 is 0 Å². The van der Waals surface area contributed by atoms with E-state index in [1.807, 2.05) is 0 Å². The summed E-state index contributed by atoms with van der Waals surface area (Å²) < 4.78 is 37.1. The first-order chi connectivity index (χ1) is 14.4. The van der Waals surface area contributed by atoms with Crippen LogP contribution in [0.4, 0.5) is 0 Å². The number of rotatable bonds is 6. The van der Waals surface area contributed by atoms with Gasteiger partial charge in [-0.05, 0) is 54.8 Å². The highest BCUT2D eigenvalue weighted by Gasteiger charge is 2.25. The number of ether oxygens (including phenoxy) is 2. The van der Waals surface area contributed by atoms with E-state index in [-0.39, 0.29) is 17.1 Å². The van der Waals surface area contributed by atoms with Crippen LogP contribution in [0.25, 0.3) is 0 Å². The molecule has 0 radical (unpaired) electrons. The Morgan fingerprint density at radius 3 is 1.93 bits per heavy atom. The SMILES string of the molecule is COC(=O)c1ccc(COC(=O)c2ccc(S(=O)(=O)N3CCCCCC3)cc2)cc1. The third-order valence-corrected chi connectivity index (χ3v) is 6.95. The van der Waals surface area contributed by atoms with Gasteiger partial charge in [0.2, 0.25) is 10.0 Å². The van der Waals surface area contributed by atoms with Crippen LogP contribution in [-0.2, 0) is 26.1 Å². The lowest BCUT2D eigenvalue weighted by Crippen LogP contribution is -2.31. The number of benzene rings is 2. The maximum Gasteiger partial charge on any atom is 0.338 e. The van der Waals surface area contributed by atoms with Crippen LogP contribution in [0.15, 0.2) is 53.4 Å². The molecule has 8 heteroatoms. The van der Waals surface area contributed by atoms with E-state index in [0.717, 1.165) is 31.2 Å². The van der Waals surface area contributed by atoms with Crippen molar-refractivity contribution in [2.75, 3.05) is 20.2 Å². The molecule has 3 rings (SSSR count). The van der Waals surface area contributed by atoms with Gasteiger partial charge in [-0.25, -0.2) is 18.0 Å². The number of carbonyl (C=O) groups is 2.